The highest BCUT2D eigenvalue weighted by atomic mass is 79.9. The second-order valence-electron chi connectivity index (χ2n) is 3.68. The van der Waals surface area contributed by atoms with Gasteiger partial charge in [-0.15, -0.1) is 11.3 Å². The van der Waals surface area contributed by atoms with Crippen molar-refractivity contribution < 1.29 is 5.11 Å². The Bertz CT molecular complexity index is 534. The highest BCUT2D eigenvalue weighted by molar-refractivity contribution is 9.11. The fourth-order valence-electron chi connectivity index (χ4n) is 1.44. The van der Waals surface area contributed by atoms with Crippen LogP contribution < -0.4 is 0 Å². The first-order chi connectivity index (χ1) is 7.99. The molecule has 0 saturated carbocycles. The molecule has 0 aliphatic heterocycles. The van der Waals surface area contributed by atoms with Crippen molar-refractivity contribution in [3.05, 3.63) is 54.1 Å². The van der Waals surface area contributed by atoms with Gasteiger partial charge in [-0.1, -0.05) is 35.3 Å². The Labute approximate surface area is 122 Å². The van der Waals surface area contributed by atoms with Crippen LogP contribution in [0.15, 0.2) is 28.1 Å². The number of hydrogen-bond acceptors (Lipinski definition) is 2. The van der Waals surface area contributed by atoms with E-state index in [9.17, 15) is 5.11 Å². The standard InChI is InChI=1S/C12H9BrCl2OS/c1-6-2-3-7(4-8(6)14)11(16)10-5-9(15)12(13)17-10/h2-5,11,16H,1H3. The number of aliphatic hydroxyl groups is 1. The first kappa shape index (κ1) is 13.4. The lowest BCUT2D eigenvalue weighted by Gasteiger charge is -2.10. The van der Waals surface area contributed by atoms with Crippen molar-refractivity contribution in [2.45, 2.75) is 13.0 Å². The van der Waals surface area contributed by atoms with Crippen molar-refractivity contribution in [1.29, 1.82) is 0 Å². The molecule has 2 aromatic rings. The molecule has 0 bridgehead atoms. The Morgan fingerprint density at radius 1 is 1.24 bits per heavy atom. The number of halogens is 3. The van der Waals surface area contributed by atoms with Gasteiger partial charge in [0, 0.05) is 9.90 Å². The number of rotatable bonds is 2. The van der Waals surface area contributed by atoms with Crippen LogP contribution in [0.5, 0.6) is 0 Å². The van der Waals surface area contributed by atoms with E-state index in [1.165, 1.54) is 11.3 Å². The lowest BCUT2D eigenvalue weighted by atomic mass is 10.1. The van der Waals surface area contributed by atoms with Crippen LogP contribution >= 0.6 is 50.5 Å². The molecule has 1 nitrogen and oxygen atoms in total. The number of benzene rings is 1. The van der Waals surface area contributed by atoms with E-state index in [1.807, 2.05) is 19.1 Å². The Hall–Kier alpha value is -0.0600. The maximum Gasteiger partial charge on any atom is 0.113 e. The maximum absolute atomic E-state index is 10.2. The van der Waals surface area contributed by atoms with Gasteiger partial charge in [0.15, 0.2) is 0 Å². The van der Waals surface area contributed by atoms with E-state index in [0.29, 0.717) is 10.0 Å². The van der Waals surface area contributed by atoms with Gasteiger partial charge in [0.1, 0.15) is 6.10 Å². The minimum atomic E-state index is -0.693. The van der Waals surface area contributed by atoms with Crippen LogP contribution in [0.25, 0.3) is 0 Å². The summed E-state index contributed by atoms with van der Waals surface area (Å²) in [5.74, 6) is 0. The van der Waals surface area contributed by atoms with Gasteiger partial charge in [0.2, 0.25) is 0 Å². The normalized spacial score (nSPS) is 12.8. The molecule has 1 unspecified atom stereocenters. The number of aliphatic hydroxyl groups excluding tert-OH is 1. The average molecular weight is 352 g/mol. The molecular formula is C12H9BrCl2OS. The maximum atomic E-state index is 10.2. The van der Waals surface area contributed by atoms with E-state index in [0.717, 1.165) is 19.8 Å². The molecule has 1 heterocycles. The number of hydrogen-bond donors (Lipinski definition) is 1. The molecule has 2 rings (SSSR count). The molecule has 1 aromatic heterocycles. The molecule has 1 N–H and O–H groups in total. The quantitative estimate of drug-likeness (QED) is 0.787. The zero-order valence-electron chi connectivity index (χ0n) is 8.88. The van der Waals surface area contributed by atoms with Crippen molar-refractivity contribution in [2.75, 3.05) is 0 Å². The van der Waals surface area contributed by atoms with Gasteiger partial charge < -0.3 is 5.11 Å². The molecule has 1 aromatic carbocycles. The van der Waals surface area contributed by atoms with Crippen molar-refractivity contribution in [3.8, 4) is 0 Å². The van der Waals surface area contributed by atoms with Gasteiger partial charge in [0.25, 0.3) is 0 Å². The predicted octanol–water partition coefficient (Wildman–Crippen LogP) is 5.21. The fourth-order valence-corrected chi connectivity index (χ4v) is 3.39. The first-order valence-electron chi connectivity index (χ1n) is 4.88. The zero-order valence-corrected chi connectivity index (χ0v) is 12.8. The molecule has 0 fully saturated rings. The lowest BCUT2D eigenvalue weighted by Crippen LogP contribution is -1.97. The summed E-state index contributed by atoms with van der Waals surface area (Å²) >= 11 is 16.7. The van der Waals surface area contributed by atoms with Gasteiger partial charge >= 0.3 is 0 Å². The molecule has 0 saturated heterocycles. The van der Waals surface area contributed by atoms with E-state index in [2.05, 4.69) is 15.9 Å². The van der Waals surface area contributed by atoms with Gasteiger partial charge in [-0.3, -0.25) is 0 Å². The Morgan fingerprint density at radius 2 is 1.94 bits per heavy atom. The van der Waals surface area contributed by atoms with Gasteiger partial charge in [0.05, 0.1) is 8.81 Å². The highest BCUT2D eigenvalue weighted by Crippen LogP contribution is 2.37. The van der Waals surface area contributed by atoms with E-state index < -0.39 is 6.10 Å². The number of aryl methyl sites for hydroxylation is 1. The minimum absolute atomic E-state index is 0.613. The summed E-state index contributed by atoms with van der Waals surface area (Å²) in [6, 6.07) is 7.30. The third-order valence-electron chi connectivity index (χ3n) is 2.45. The molecule has 0 aliphatic rings. The Balaban J connectivity index is 2.36. The molecule has 0 spiro atoms. The van der Waals surface area contributed by atoms with Crippen LogP contribution in [0.3, 0.4) is 0 Å². The minimum Gasteiger partial charge on any atom is -0.383 e. The summed E-state index contributed by atoms with van der Waals surface area (Å²) in [5, 5.41) is 11.5. The van der Waals surface area contributed by atoms with Crippen molar-refractivity contribution in [3.63, 3.8) is 0 Å². The Morgan fingerprint density at radius 3 is 2.47 bits per heavy atom. The smallest absolute Gasteiger partial charge is 0.113 e. The van der Waals surface area contributed by atoms with Crippen molar-refractivity contribution in [1.82, 2.24) is 0 Å². The molecular weight excluding hydrogens is 343 g/mol. The van der Waals surface area contributed by atoms with Crippen LogP contribution in [-0.2, 0) is 0 Å². The van der Waals surface area contributed by atoms with Crippen LogP contribution in [-0.4, -0.2) is 5.11 Å². The van der Waals surface area contributed by atoms with E-state index in [4.69, 9.17) is 23.2 Å². The van der Waals surface area contributed by atoms with Crippen molar-refractivity contribution in [2.24, 2.45) is 0 Å². The van der Waals surface area contributed by atoms with Gasteiger partial charge in [-0.2, -0.15) is 0 Å². The number of thiophene rings is 1. The largest absolute Gasteiger partial charge is 0.383 e. The van der Waals surface area contributed by atoms with E-state index >= 15 is 0 Å². The lowest BCUT2D eigenvalue weighted by molar-refractivity contribution is 0.224. The molecule has 0 radical (unpaired) electrons. The molecule has 17 heavy (non-hydrogen) atoms. The zero-order chi connectivity index (χ0) is 12.6. The SMILES string of the molecule is Cc1ccc(C(O)c2cc(Cl)c(Br)s2)cc1Cl. The van der Waals surface area contributed by atoms with Crippen LogP contribution in [0, 0.1) is 6.92 Å². The second-order valence-corrected chi connectivity index (χ2v) is 6.90. The first-order valence-corrected chi connectivity index (χ1v) is 7.24. The average Bonchev–Trinajstić information content (AvgIpc) is 2.62. The summed E-state index contributed by atoms with van der Waals surface area (Å²) < 4.78 is 0.825. The van der Waals surface area contributed by atoms with Crippen LogP contribution in [0.2, 0.25) is 10.0 Å². The summed E-state index contributed by atoms with van der Waals surface area (Å²) in [6.45, 7) is 1.93. The highest BCUT2D eigenvalue weighted by Gasteiger charge is 2.15. The van der Waals surface area contributed by atoms with Gasteiger partial charge in [-0.25, -0.2) is 0 Å². The topological polar surface area (TPSA) is 20.2 Å². The van der Waals surface area contributed by atoms with E-state index in [-0.39, 0.29) is 0 Å². The van der Waals surface area contributed by atoms with Crippen molar-refractivity contribution >= 4 is 50.5 Å². The summed E-state index contributed by atoms with van der Waals surface area (Å²) in [5.41, 5.74) is 1.76. The third-order valence-corrected chi connectivity index (χ3v) is 5.38. The van der Waals surface area contributed by atoms with E-state index in [1.54, 1.807) is 12.1 Å². The summed E-state index contributed by atoms with van der Waals surface area (Å²) in [6.07, 6.45) is -0.693. The van der Waals surface area contributed by atoms with Gasteiger partial charge in [-0.05, 0) is 46.1 Å². The fraction of sp³-hybridized carbons (Fsp3) is 0.167. The molecule has 90 valence electrons. The molecule has 5 heteroatoms. The molecule has 0 aliphatic carbocycles. The Kier molecular flexibility index (Phi) is 4.16. The second kappa shape index (κ2) is 5.29. The summed E-state index contributed by atoms with van der Waals surface area (Å²) in [7, 11) is 0. The van der Waals surface area contributed by atoms with Crippen LogP contribution in [0.4, 0.5) is 0 Å². The molecule has 0 amide bonds. The predicted molar refractivity (Wildman–Crippen MR) is 77.3 cm³/mol. The molecule has 1 atom stereocenters. The summed E-state index contributed by atoms with van der Waals surface area (Å²) in [4.78, 5) is 0.793. The monoisotopic (exact) mass is 350 g/mol. The third kappa shape index (κ3) is 2.85. The van der Waals surface area contributed by atoms with Crippen LogP contribution in [0.1, 0.15) is 22.1 Å².